The molecule has 0 N–H and O–H groups in total. The van der Waals surface area contributed by atoms with Crippen LogP contribution in [-0.4, -0.2) is 25.3 Å². The number of nitrogens with zero attached hydrogens (tertiary/aromatic N) is 2. The highest BCUT2D eigenvalue weighted by Crippen LogP contribution is 2.27. The lowest BCUT2D eigenvalue weighted by molar-refractivity contribution is 1.09. The molecular formula is C58H44N2Si2. The van der Waals surface area contributed by atoms with Crippen LogP contribution in [0.2, 0.25) is 0 Å². The number of aromatic nitrogens is 2. The third-order valence-electron chi connectivity index (χ3n) is 12.1. The van der Waals surface area contributed by atoms with E-state index in [9.17, 15) is 8.22 Å². The van der Waals surface area contributed by atoms with Gasteiger partial charge in [0.05, 0.1) is 24.7 Å². The lowest BCUT2D eigenvalue weighted by Gasteiger charge is -2.34. The standard InChI is InChI=1S/C58H44N2Si2/c1-7-26-47(27-8-1)61(48-28-9-2-10-29-48,49-30-11-3-12-31-49)57-43-59(55-40-21-19-38-53(55)57)45-24-23-25-46(42-45)60-44-58(54-39-20-22-41-56(54)60)62(50-32-13-4-14-33-50,51-34-15-5-16-35-51)52-36-17-6-18-37-52/h1-44H/i19D,20D,21D,22D,38D,39D,40D,41D,43D,44D. The van der Waals surface area contributed by atoms with Crippen molar-refractivity contribution in [3.05, 3.63) is 267 Å². The summed E-state index contributed by atoms with van der Waals surface area (Å²) in [5, 5.41) is 6.91. The van der Waals surface area contributed by atoms with Crippen LogP contribution in [0.25, 0.3) is 33.2 Å². The summed E-state index contributed by atoms with van der Waals surface area (Å²) in [5.74, 6) is 0. The number of fused-ring (bicyclic) bond motifs is 2. The third-order valence-corrected chi connectivity index (χ3v) is 21.5. The molecule has 0 aliphatic rings. The Morgan fingerprint density at radius 2 is 0.581 bits per heavy atom. The van der Waals surface area contributed by atoms with Gasteiger partial charge in [0.15, 0.2) is 16.1 Å². The molecule has 62 heavy (non-hydrogen) atoms. The zero-order valence-corrected chi connectivity index (χ0v) is 35.5. The smallest absolute Gasteiger partial charge is 0.181 e. The average molecular weight is 835 g/mol. The Kier molecular flexibility index (Phi) is 7.18. The van der Waals surface area contributed by atoms with Crippen LogP contribution >= 0.6 is 0 Å². The van der Waals surface area contributed by atoms with E-state index in [1.54, 1.807) is 33.4 Å². The molecule has 0 spiro atoms. The van der Waals surface area contributed by atoms with E-state index >= 15 is 0 Å². The monoisotopic (exact) mass is 834 g/mol. The molecule has 2 nitrogen and oxygen atoms in total. The van der Waals surface area contributed by atoms with Crippen LogP contribution in [0.15, 0.2) is 267 Å². The van der Waals surface area contributed by atoms with E-state index in [0.717, 1.165) is 31.1 Å². The van der Waals surface area contributed by atoms with Crippen LogP contribution in [0.1, 0.15) is 13.7 Å². The van der Waals surface area contributed by atoms with Crippen molar-refractivity contribution >= 4 is 79.4 Å². The molecule has 0 radical (unpaired) electrons. The molecule has 0 aliphatic heterocycles. The topological polar surface area (TPSA) is 9.86 Å². The first kappa shape index (κ1) is 28.1. The van der Waals surface area contributed by atoms with Crippen LogP contribution in [0.4, 0.5) is 0 Å². The highest BCUT2D eigenvalue weighted by Gasteiger charge is 2.45. The molecule has 0 atom stereocenters. The fourth-order valence-corrected chi connectivity index (χ4v) is 19.0. The van der Waals surface area contributed by atoms with E-state index in [4.69, 9.17) is 5.48 Å². The Labute approximate surface area is 379 Å². The van der Waals surface area contributed by atoms with E-state index in [1.807, 2.05) is 182 Å². The maximum atomic E-state index is 10.6. The highest BCUT2D eigenvalue weighted by atomic mass is 28.3. The SMILES string of the molecule is [2H]c1c([2H])c([2H])c2c(c1[2H])c([Si](c1ccccc1)(c1ccccc1)c1ccccc1)c([2H])n2-c1cccc(-n2c([2H])c([Si](c3ccccc3)(c3ccccc3)c3ccccc3)c3c([2H])c([2H])c([2H])c([2H])c32)c1. The second kappa shape index (κ2) is 15.8. The van der Waals surface area contributed by atoms with Crippen LogP contribution < -0.4 is 41.5 Å². The summed E-state index contributed by atoms with van der Waals surface area (Å²) in [6.07, 6.45) is -0.0702. The van der Waals surface area contributed by atoms with Crippen molar-refractivity contribution in [1.29, 1.82) is 0 Å². The van der Waals surface area contributed by atoms with Crippen molar-refractivity contribution in [2.75, 3.05) is 0 Å². The van der Waals surface area contributed by atoms with Crippen molar-refractivity contribution in [3.8, 4) is 11.4 Å². The third kappa shape index (κ3) is 5.99. The molecule has 0 unspecified atom stereocenters. The van der Waals surface area contributed by atoms with Gasteiger partial charge >= 0.3 is 0 Å². The van der Waals surface area contributed by atoms with Crippen LogP contribution in [-0.2, 0) is 0 Å². The molecule has 294 valence electrons. The van der Waals surface area contributed by atoms with E-state index < -0.39 is 40.3 Å². The first-order valence-corrected chi connectivity index (χ1v) is 24.6. The van der Waals surface area contributed by atoms with Crippen LogP contribution in [0.5, 0.6) is 0 Å². The van der Waals surface area contributed by atoms with Gasteiger partial charge in [0.1, 0.15) is 0 Å². The molecule has 0 amide bonds. The summed E-state index contributed by atoms with van der Waals surface area (Å²) in [4.78, 5) is 0. The molecular weight excluding hydrogens is 781 g/mol. The predicted octanol–water partition coefficient (Wildman–Crippen LogP) is 8.33. The van der Waals surface area contributed by atoms with Gasteiger partial charge in [0, 0.05) is 34.5 Å². The second-order valence-electron chi connectivity index (χ2n) is 15.3. The Morgan fingerprint density at radius 3 is 0.871 bits per heavy atom. The van der Waals surface area contributed by atoms with Crippen molar-refractivity contribution < 1.29 is 13.7 Å². The molecule has 0 fully saturated rings. The Hall–Kier alpha value is -7.51. The average Bonchev–Trinajstić information content (AvgIpc) is 3.92. The summed E-state index contributed by atoms with van der Waals surface area (Å²) >= 11 is 0. The normalized spacial score (nSPS) is 14.1. The Balaban J connectivity index is 1.28. The van der Waals surface area contributed by atoms with E-state index in [2.05, 4.69) is 0 Å². The zero-order valence-electron chi connectivity index (χ0n) is 43.5. The van der Waals surface area contributed by atoms with Crippen molar-refractivity contribution in [1.82, 2.24) is 9.13 Å². The number of hydrogen-bond donors (Lipinski definition) is 0. The summed E-state index contributed by atoms with van der Waals surface area (Å²) in [5.41, 5.74) is 0.953. The summed E-state index contributed by atoms with van der Waals surface area (Å²) in [6, 6.07) is 63.7. The van der Waals surface area contributed by atoms with Crippen LogP contribution in [0.3, 0.4) is 0 Å². The lowest BCUT2D eigenvalue weighted by atomic mass is 10.2. The number of hydrogen-bond acceptors (Lipinski definition) is 0. The molecule has 0 saturated carbocycles. The van der Waals surface area contributed by atoms with E-state index in [-0.39, 0.29) is 58.3 Å². The molecule has 11 aromatic rings. The predicted molar refractivity (Wildman–Crippen MR) is 267 cm³/mol. The summed E-state index contributed by atoms with van der Waals surface area (Å²) < 4.78 is 99.2. The van der Waals surface area contributed by atoms with Gasteiger partial charge in [-0.2, -0.15) is 0 Å². The van der Waals surface area contributed by atoms with Crippen molar-refractivity contribution in [2.45, 2.75) is 0 Å². The second-order valence-corrected chi connectivity index (χ2v) is 22.8. The number of benzene rings is 9. The molecule has 4 heteroatoms. The molecule has 0 aliphatic carbocycles. The van der Waals surface area contributed by atoms with Crippen LogP contribution in [0, 0.1) is 0 Å². The zero-order chi connectivity index (χ0) is 50.1. The fraction of sp³-hybridized carbons (Fsp3) is 0. The van der Waals surface area contributed by atoms with Gasteiger partial charge in [0.25, 0.3) is 0 Å². The lowest BCUT2D eigenvalue weighted by Crippen LogP contribution is -2.74. The fourth-order valence-electron chi connectivity index (χ4n) is 9.45. The maximum Gasteiger partial charge on any atom is 0.181 e. The highest BCUT2D eigenvalue weighted by molar-refractivity contribution is 7.21. The molecule has 2 aromatic heterocycles. The first-order valence-electron chi connectivity index (χ1n) is 25.6. The van der Waals surface area contributed by atoms with Gasteiger partial charge in [0.2, 0.25) is 0 Å². The largest absolute Gasteiger partial charge is 0.317 e. The first-order chi connectivity index (χ1) is 34.9. The Morgan fingerprint density at radius 1 is 0.306 bits per heavy atom. The maximum absolute atomic E-state index is 10.6. The molecule has 0 saturated heterocycles. The Bertz CT molecular complexity index is 3410. The van der Waals surface area contributed by atoms with Gasteiger partial charge in [-0.05, 0) is 71.8 Å². The number of para-hydroxylation sites is 2. The molecule has 0 bridgehead atoms. The molecule has 2 heterocycles. The van der Waals surface area contributed by atoms with Crippen molar-refractivity contribution in [2.24, 2.45) is 0 Å². The van der Waals surface area contributed by atoms with Gasteiger partial charge in [-0.3, -0.25) is 0 Å². The van der Waals surface area contributed by atoms with E-state index in [0.29, 0.717) is 21.7 Å². The minimum Gasteiger partial charge on any atom is -0.317 e. The number of rotatable bonds is 10. The summed E-state index contributed by atoms with van der Waals surface area (Å²) in [6.45, 7) is 0. The molecule has 9 aromatic carbocycles. The minimum absolute atomic E-state index is 0.0351. The van der Waals surface area contributed by atoms with Gasteiger partial charge in [-0.15, -0.1) is 0 Å². The van der Waals surface area contributed by atoms with Gasteiger partial charge < -0.3 is 9.13 Å². The minimum atomic E-state index is -3.65. The van der Waals surface area contributed by atoms with Crippen molar-refractivity contribution in [3.63, 3.8) is 0 Å². The van der Waals surface area contributed by atoms with Gasteiger partial charge in [-0.25, -0.2) is 0 Å². The van der Waals surface area contributed by atoms with E-state index in [1.165, 1.54) is 0 Å². The quantitative estimate of drug-likeness (QED) is 0.0970. The molecule has 11 rings (SSSR count). The van der Waals surface area contributed by atoms with Gasteiger partial charge in [-0.1, -0.05) is 224 Å². The summed E-state index contributed by atoms with van der Waals surface area (Å²) in [7, 11) is -7.30.